The van der Waals surface area contributed by atoms with E-state index in [9.17, 15) is 19.7 Å². The van der Waals surface area contributed by atoms with Crippen LogP contribution in [-0.4, -0.2) is 30.6 Å². The smallest absolute Gasteiger partial charge is 0.308 e. The van der Waals surface area contributed by atoms with Gasteiger partial charge in [-0.3, -0.25) is 24.3 Å². The van der Waals surface area contributed by atoms with E-state index in [1.165, 1.54) is 40.0 Å². The highest BCUT2D eigenvalue weighted by atomic mass is 32.1. The molecule has 1 aromatic carbocycles. The third-order valence-corrected chi connectivity index (χ3v) is 6.85. The van der Waals surface area contributed by atoms with E-state index in [0.29, 0.717) is 10.9 Å². The minimum absolute atomic E-state index is 0.0111. The van der Waals surface area contributed by atoms with E-state index in [-0.39, 0.29) is 42.6 Å². The maximum atomic E-state index is 13.0. The number of rotatable bonds is 7. The fraction of sp³-hybridized carbons (Fsp3) is 0.318. The number of esters is 1. The number of non-ortho nitro benzene ring substituents is 1. The number of hydrogen-bond donors (Lipinski definition) is 0. The van der Waals surface area contributed by atoms with Crippen molar-refractivity contribution >= 4 is 33.2 Å². The molecule has 0 unspecified atom stereocenters. The second-order valence-electron chi connectivity index (χ2n) is 7.85. The first-order valence-corrected chi connectivity index (χ1v) is 11.5. The standard InChI is InChI=1S/C22H19N5O6S/c28-18(32-11-17-24-25-20(33-17)13-5-7-14(8-6-13)27(30)31)9-10-26-12-23-21-19(22(26)29)15-3-1-2-4-16(15)34-21/h5-8,12H,1-4,9-11H2. The van der Waals surface area contributed by atoms with Crippen LogP contribution in [0.4, 0.5) is 5.69 Å². The van der Waals surface area contributed by atoms with E-state index in [0.717, 1.165) is 36.1 Å². The van der Waals surface area contributed by atoms with Crippen molar-refractivity contribution in [3.8, 4) is 11.5 Å². The molecule has 3 aromatic heterocycles. The molecule has 0 aliphatic heterocycles. The zero-order valence-electron chi connectivity index (χ0n) is 17.9. The number of ether oxygens (including phenoxy) is 1. The molecule has 174 valence electrons. The highest BCUT2D eigenvalue weighted by molar-refractivity contribution is 7.18. The number of carbonyl (C=O) groups is 1. The van der Waals surface area contributed by atoms with Gasteiger partial charge in [-0.05, 0) is 43.4 Å². The fourth-order valence-electron chi connectivity index (χ4n) is 3.92. The van der Waals surface area contributed by atoms with Gasteiger partial charge in [-0.2, -0.15) is 0 Å². The summed E-state index contributed by atoms with van der Waals surface area (Å²) in [5, 5.41) is 19.1. The predicted octanol–water partition coefficient (Wildman–Crippen LogP) is 3.43. The summed E-state index contributed by atoms with van der Waals surface area (Å²) in [7, 11) is 0. The Hall–Kier alpha value is -3.93. The molecule has 0 saturated heterocycles. The summed E-state index contributed by atoms with van der Waals surface area (Å²) in [6.45, 7) is -0.0634. The summed E-state index contributed by atoms with van der Waals surface area (Å²) in [4.78, 5) is 41.9. The van der Waals surface area contributed by atoms with Crippen molar-refractivity contribution in [2.75, 3.05) is 0 Å². The molecule has 12 heteroatoms. The third kappa shape index (κ3) is 4.31. The number of hydrogen-bond acceptors (Lipinski definition) is 10. The highest BCUT2D eigenvalue weighted by Crippen LogP contribution is 2.33. The van der Waals surface area contributed by atoms with Crippen molar-refractivity contribution in [3.63, 3.8) is 0 Å². The number of carbonyl (C=O) groups excluding carboxylic acids is 1. The molecule has 5 rings (SSSR count). The maximum absolute atomic E-state index is 13.0. The van der Waals surface area contributed by atoms with Gasteiger partial charge in [-0.15, -0.1) is 21.5 Å². The predicted molar refractivity (Wildman–Crippen MR) is 121 cm³/mol. The maximum Gasteiger partial charge on any atom is 0.308 e. The number of nitrogens with zero attached hydrogens (tertiary/aromatic N) is 5. The first-order chi connectivity index (χ1) is 16.5. The largest absolute Gasteiger partial charge is 0.456 e. The van der Waals surface area contributed by atoms with Gasteiger partial charge in [-0.25, -0.2) is 4.98 Å². The zero-order chi connectivity index (χ0) is 23.7. The molecule has 0 radical (unpaired) electrons. The molecule has 0 N–H and O–H groups in total. The first-order valence-electron chi connectivity index (χ1n) is 10.7. The van der Waals surface area contributed by atoms with Crippen molar-refractivity contribution < 1.29 is 18.9 Å². The van der Waals surface area contributed by atoms with Crippen LogP contribution in [-0.2, 0) is 35.5 Å². The third-order valence-electron chi connectivity index (χ3n) is 5.65. The molecule has 0 saturated carbocycles. The van der Waals surface area contributed by atoms with E-state index in [2.05, 4.69) is 15.2 Å². The topological polar surface area (TPSA) is 143 Å². The van der Waals surface area contributed by atoms with Crippen LogP contribution in [0.15, 0.2) is 39.8 Å². The Morgan fingerprint density at radius 2 is 2.00 bits per heavy atom. The molecule has 1 aliphatic carbocycles. The van der Waals surface area contributed by atoms with Crippen LogP contribution < -0.4 is 5.56 Å². The Kier molecular flexibility index (Phi) is 5.88. The first kappa shape index (κ1) is 21.9. The molecule has 1 aliphatic rings. The van der Waals surface area contributed by atoms with Gasteiger partial charge in [0.2, 0.25) is 5.89 Å². The molecular weight excluding hydrogens is 462 g/mol. The van der Waals surface area contributed by atoms with Crippen molar-refractivity contribution in [3.05, 3.63) is 67.4 Å². The lowest BCUT2D eigenvalue weighted by Crippen LogP contribution is -2.23. The normalized spacial score (nSPS) is 13.1. The molecule has 0 atom stereocenters. The minimum Gasteiger partial charge on any atom is -0.456 e. The molecule has 0 bridgehead atoms. The summed E-state index contributed by atoms with van der Waals surface area (Å²) >= 11 is 1.59. The van der Waals surface area contributed by atoms with E-state index in [1.807, 2.05) is 0 Å². The van der Waals surface area contributed by atoms with Crippen LogP contribution in [0.1, 0.15) is 35.6 Å². The van der Waals surface area contributed by atoms with Crippen molar-refractivity contribution in [1.29, 1.82) is 0 Å². The Morgan fingerprint density at radius 3 is 2.79 bits per heavy atom. The van der Waals surface area contributed by atoms with E-state index < -0.39 is 10.9 Å². The van der Waals surface area contributed by atoms with E-state index in [4.69, 9.17) is 9.15 Å². The van der Waals surface area contributed by atoms with Crippen LogP contribution in [0.2, 0.25) is 0 Å². The average Bonchev–Trinajstić information content (AvgIpc) is 3.47. The number of nitro groups is 1. The van der Waals surface area contributed by atoms with E-state index >= 15 is 0 Å². The molecule has 34 heavy (non-hydrogen) atoms. The Bertz CT molecular complexity index is 1440. The molecule has 0 fully saturated rings. The Labute approximate surface area is 196 Å². The molecular formula is C22H19N5O6S. The minimum atomic E-state index is -0.519. The van der Waals surface area contributed by atoms with Gasteiger partial charge in [0.05, 0.1) is 23.1 Å². The molecule has 3 heterocycles. The van der Waals surface area contributed by atoms with Crippen LogP contribution in [0.25, 0.3) is 21.7 Å². The van der Waals surface area contributed by atoms with Gasteiger partial charge in [0, 0.05) is 29.1 Å². The monoisotopic (exact) mass is 481 g/mol. The summed E-state index contributed by atoms with van der Waals surface area (Å²) in [6, 6.07) is 5.65. The number of aromatic nitrogens is 4. The number of nitro benzene ring substituents is 1. The average molecular weight is 481 g/mol. The summed E-state index contributed by atoms with van der Waals surface area (Å²) in [5.74, 6) is -0.271. The number of thiophene rings is 1. The van der Waals surface area contributed by atoms with Crippen molar-refractivity contribution in [1.82, 2.24) is 19.7 Å². The van der Waals surface area contributed by atoms with Gasteiger partial charge in [0.15, 0.2) is 6.61 Å². The van der Waals surface area contributed by atoms with Gasteiger partial charge in [0.1, 0.15) is 4.83 Å². The number of benzene rings is 1. The Morgan fingerprint density at radius 1 is 1.21 bits per heavy atom. The highest BCUT2D eigenvalue weighted by Gasteiger charge is 2.20. The van der Waals surface area contributed by atoms with Gasteiger partial charge in [-0.1, -0.05) is 0 Å². The zero-order valence-corrected chi connectivity index (χ0v) is 18.7. The summed E-state index contributed by atoms with van der Waals surface area (Å²) in [5.41, 5.74) is 1.45. The summed E-state index contributed by atoms with van der Waals surface area (Å²) in [6.07, 6.45) is 5.56. The number of aryl methyl sites for hydroxylation is 3. The second kappa shape index (κ2) is 9.14. The lowest BCUT2D eigenvalue weighted by molar-refractivity contribution is -0.384. The van der Waals surface area contributed by atoms with Gasteiger partial charge < -0.3 is 9.15 Å². The Balaban J connectivity index is 1.19. The van der Waals surface area contributed by atoms with Crippen molar-refractivity contribution in [2.45, 2.75) is 45.3 Å². The van der Waals surface area contributed by atoms with Gasteiger partial charge >= 0.3 is 5.97 Å². The second-order valence-corrected chi connectivity index (χ2v) is 8.93. The SMILES string of the molecule is O=C(CCn1cnc2sc3c(c2c1=O)CCCC3)OCc1nnc(-c2ccc([N+](=O)[O-])cc2)o1. The molecule has 0 spiro atoms. The van der Waals surface area contributed by atoms with Crippen LogP contribution in [0.3, 0.4) is 0 Å². The van der Waals surface area contributed by atoms with E-state index in [1.54, 1.807) is 11.3 Å². The quantitative estimate of drug-likeness (QED) is 0.220. The fourth-order valence-corrected chi connectivity index (χ4v) is 5.14. The summed E-state index contributed by atoms with van der Waals surface area (Å²) < 4.78 is 12.1. The lowest BCUT2D eigenvalue weighted by Gasteiger charge is -2.10. The molecule has 0 amide bonds. The van der Waals surface area contributed by atoms with Crippen molar-refractivity contribution in [2.24, 2.45) is 0 Å². The van der Waals surface area contributed by atoms with Crippen LogP contribution in [0.5, 0.6) is 0 Å². The van der Waals surface area contributed by atoms with Gasteiger partial charge in [0.25, 0.3) is 17.1 Å². The van der Waals surface area contributed by atoms with Crippen LogP contribution in [0, 0.1) is 10.1 Å². The lowest BCUT2D eigenvalue weighted by atomic mass is 9.97. The number of fused-ring (bicyclic) bond motifs is 3. The van der Waals surface area contributed by atoms with Crippen LogP contribution >= 0.6 is 11.3 Å². The molecule has 11 nitrogen and oxygen atoms in total. The molecule has 4 aromatic rings.